The van der Waals surface area contributed by atoms with E-state index in [-0.39, 0.29) is 12.3 Å². The number of piperazine rings is 1. The van der Waals surface area contributed by atoms with Crippen LogP contribution >= 0.6 is 0 Å². The molecule has 31 heavy (non-hydrogen) atoms. The van der Waals surface area contributed by atoms with Crippen LogP contribution < -0.4 is 9.80 Å². The van der Waals surface area contributed by atoms with Gasteiger partial charge >= 0.3 is 0 Å². The minimum absolute atomic E-state index is 0.0838. The molecule has 5 rings (SSSR count). The first-order chi connectivity index (χ1) is 15.1. The van der Waals surface area contributed by atoms with Gasteiger partial charge in [-0.1, -0.05) is 17.3 Å². The lowest BCUT2D eigenvalue weighted by molar-refractivity contribution is -0.130. The van der Waals surface area contributed by atoms with Gasteiger partial charge in [0.25, 0.3) is 0 Å². The number of amides is 1. The smallest absolute Gasteiger partial charge is 0.228 e. The van der Waals surface area contributed by atoms with Crippen molar-refractivity contribution in [2.75, 3.05) is 50.1 Å². The van der Waals surface area contributed by atoms with Gasteiger partial charge in [-0.15, -0.1) is 0 Å². The zero-order valence-electron chi connectivity index (χ0n) is 17.7. The maximum atomic E-state index is 12.9. The summed E-state index contributed by atoms with van der Waals surface area (Å²) in [5.41, 5.74) is 3.47. The molecule has 2 aromatic heterocycles. The highest BCUT2D eigenvalue weighted by Crippen LogP contribution is 2.27. The third kappa shape index (κ3) is 3.65. The third-order valence-corrected chi connectivity index (χ3v) is 5.79. The molecule has 1 fully saturated rings. The van der Waals surface area contributed by atoms with Crippen molar-refractivity contribution in [3.05, 3.63) is 54.5 Å². The normalized spacial score (nSPS) is 14.4. The van der Waals surface area contributed by atoms with Crippen molar-refractivity contribution in [3.8, 4) is 0 Å². The second-order valence-electron chi connectivity index (χ2n) is 7.96. The zero-order valence-corrected chi connectivity index (χ0v) is 17.7. The van der Waals surface area contributed by atoms with E-state index in [1.54, 1.807) is 6.33 Å². The Hall–Kier alpha value is -3.68. The quantitative estimate of drug-likeness (QED) is 0.506. The SMILES string of the molecule is CN(C)c1ncnc2ccc(N3CCN(C(=O)Cc4noc5ccccc45)CC3)cc12. The molecular weight excluding hydrogens is 392 g/mol. The van der Waals surface area contributed by atoms with Crippen LogP contribution in [0.3, 0.4) is 0 Å². The number of rotatable bonds is 4. The molecule has 3 heterocycles. The van der Waals surface area contributed by atoms with Crippen LogP contribution in [0.1, 0.15) is 5.69 Å². The number of para-hydroxylation sites is 1. The lowest BCUT2D eigenvalue weighted by Crippen LogP contribution is -2.49. The Labute approximate surface area is 180 Å². The number of carbonyl (C=O) groups excluding carboxylic acids is 1. The van der Waals surface area contributed by atoms with Crippen LogP contribution in [0.5, 0.6) is 0 Å². The summed E-state index contributed by atoms with van der Waals surface area (Å²) in [6.45, 7) is 2.92. The summed E-state index contributed by atoms with van der Waals surface area (Å²) in [6.07, 6.45) is 1.86. The summed E-state index contributed by atoms with van der Waals surface area (Å²) in [7, 11) is 3.97. The molecule has 158 valence electrons. The van der Waals surface area contributed by atoms with Gasteiger partial charge in [0.15, 0.2) is 5.58 Å². The molecule has 1 aliphatic heterocycles. The number of fused-ring (bicyclic) bond motifs is 2. The van der Waals surface area contributed by atoms with Gasteiger partial charge in [0.05, 0.1) is 11.9 Å². The molecule has 8 heteroatoms. The van der Waals surface area contributed by atoms with Gasteiger partial charge in [-0.05, 0) is 30.3 Å². The molecule has 0 atom stereocenters. The second kappa shape index (κ2) is 7.86. The average molecular weight is 416 g/mol. The summed E-state index contributed by atoms with van der Waals surface area (Å²) in [5, 5.41) is 6.03. The molecule has 0 radical (unpaired) electrons. The second-order valence-corrected chi connectivity index (χ2v) is 7.96. The standard InChI is InChI=1S/C23H24N6O2/c1-27(2)23-18-13-16(7-8-19(18)24-15-25-23)28-9-11-29(12-10-28)22(30)14-20-17-5-3-4-6-21(17)31-26-20/h3-8,13,15H,9-12,14H2,1-2H3. The van der Waals surface area contributed by atoms with E-state index >= 15 is 0 Å². The van der Waals surface area contributed by atoms with Crippen molar-refractivity contribution in [1.82, 2.24) is 20.0 Å². The molecule has 0 saturated carbocycles. The van der Waals surface area contributed by atoms with E-state index in [4.69, 9.17) is 4.52 Å². The van der Waals surface area contributed by atoms with E-state index in [1.165, 1.54) is 0 Å². The number of anilines is 2. The van der Waals surface area contributed by atoms with Gasteiger partial charge < -0.3 is 19.2 Å². The number of benzene rings is 2. The fourth-order valence-electron chi connectivity index (χ4n) is 4.12. The Morgan fingerprint density at radius 1 is 1.03 bits per heavy atom. The predicted octanol–water partition coefficient (Wildman–Crippen LogP) is 2.73. The molecule has 0 aliphatic carbocycles. The molecule has 0 spiro atoms. The maximum Gasteiger partial charge on any atom is 0.228 e. The van der Waals surface area contributed by atoms with Gasteiger partial charge in [-0.3, -0.25) is 4.79 Å². The first-order valence-electron chi connectivity index (χ1n) is 10.4. The molecule has 2 aromatic carbocycles. The fourth-order valence-corrected chi connectivity index (χ4v) is 4.12. The van der Waals surface area contributed by atoms with Gasteiger partial charge in [-0.25, -0.2) is 9.97 Å². The van der Waals surface area contributed by atoms with E-state index in [2.05, 4.69) is 32.2 Å². The van der Waals surface area contributed by atoms with Gasteiger partial charge in [0, 0.05) is 56.7 Å². The van der Waals surface area contributed by atoms with E-state index in [1.807, 2.05) is 54.2 Å². The maximum absolute atomic E-state index is 12.9. The average Bonchev–Trinajstić information content (AvgIpc) is 3.21. The molecule has 4 aromatic rings. The first-order valence-corrected chi connectivity index (χ1v) is 10.4. The van der Waals surface area contributed by atoms with Crippen molar-refractivity contribution < 1.29 is 9.32 Å². The Kier molecular flexibility index (Phi) is 4.89. The summed E-state index contributed by atoms with van der Waals surface area (Å²) in [6, 6.07) is 13.9. The minimum Gasteiger partial charge on any atom is -0.368 e. The van der Waals surface area contributed by atoms with Crippen molar-refractivity contribution in [1.29, 1.82) is 0 Å². The zero-order chi connectivity index (χ0) is 21.4. The van der Waals surface area contributed by atoms with Gasteiger partial charge in [0.1, 0.15) is 17.8 Å². The monoisotopic (exact) mass is 416 g/mol. The summed E-state index contributed by atoms with van der Waals surface area (Å²) >= 11 is 0. The number of aromatic nitrogens is 3. The number of hydrogen-bond acceptors (Lipinski definition) is 7. The largest absolute Gasteiger partial charge is 0.368 e. The third-order valence-electron chi connectivity index (χ3n) is 5.79. The topological polar surface area (TPSA) is 78.6 Å². The molecule has 0 bridgehead atoms. The highest BCUT2D eigenvalue weighted by molar-refractivity contribution is 5.92. The van der Waals surface area contributed by atoms with Crippen LogP contribution in [-0.4, -0.2) is 66.2 Å². The van der Waals surface area contributed by atoms with Crippen LogP contribution in [0.2, 0.25) is 0 Å². The highest BCUT2D eigenvalue weighted by Gasteiger charge is 2.23. The van der Waals surface area contributed by atoms with Crippen molar-refractivity contribution in [3.63, 3.8) is 0 Å². The Balaban J connectivity index is 1.28. The molecule has 0 N–H and O–H groups in total. The van der Waals surface area contributed by atoms with Crippen LogP contribution in [0.4, 0.5) is 11.5 Å². The van der Waals surface area contributed by atoms with Crippen molar-refractivity contribution in [2.45, 2.75) is 6.42 Å². The number of carbonyl (C=O) groups is 1. The number of nitrogens with zero attached hydrogens (tertiary/aromatic N) is 6. The molecule has 8 nitrogen and oxygen atoms in total. The first kappa shape index (κ1) is 19.3. The van der Waals surface area contributed by atoms with Gasteiger partial charge in [-0.2, -0.15) is 0 Å². The Morgan fingerprint density at radius 3 is 2.65 bits per heavy atom. The van der Waals surface area contributed by atoms with Crippen LogP contribution in [-0.2, 0) is 11.2 Å². The van der Waals surface area contributed by atoms with E-state index in [9.17, 15) is 4.79 Å². The number of hydrogen-bond donors (Lipinski definition) is 0. The van der Waals surface area contributed by atoms with Crippen molar-refractivity contribution in [2.24, 2.45) is 0 Å². The van der Waals surface area contributed by atoms with E-state index < -0.39 is 0 Å². The fraction of sp³-hybridized carbons (Fsp3) is 0.304. The van der Waals surface area contributed by atoms with Crippen LogP contribution in [0.25, 0.3) is 21.9 Å². The lowest BCUT2D eigenvalue weighted by Gasteiger charge is -2.36. The molecule has 1 amide bonds. The Morgan fingerprint density at radius 2 is 1.84 bits per heavy atom. The molecular formula is C23H24N6O2. The Bertz CT molecular complexity index is 1240. The lowest BCUT2D eigenvalue weighted by atomic mass is 10.1. The van der Waals surface area contributed by atoms with Gasteiger partial charge in [0.2, 0.25) is 5.91 Å². The molecule has 0 unspecified atom stereocenters. The van der Waals surface area contributed by atoms with Crippen molar-refractivity contribution >= 4 is 39.3 Å². The predicted molar refractivity (Wildman–Crippen MR) is 120 cm³/mol. The highest BCUT2D eigenvalue weighted by atomic mass is 16.5. The summed E-state index contributed by atoms with van der Waals surface area (Å²) < 4.78 is 5.33. The summed E-state index contributed by atoms with van der Waals surface area (Å²) in [4.78, 5) is 27.9. The molecule has 1 saturated heterocycles. The van der Waals surface area contributed by atoms with E-state index in [0.29, 0.717) is 24.4 Å². The summed E-state index contributed by atoms with van der Waals surface area (Å²) in [5.74, 6) is 0.987. The molecule has 1 aliphatic rings. The minimum atomic E-state index is 0.0838. The van der Waals surface area contributed by atoms with Crippen LogP contribution in [0.15, 0.2) is 53.3 Å². The van der Waals surface area contributed by atoms with E-state index in [0.717, 1.165) is 40.9 Å². The van der Waals surface area contributed by atoms with Crippen LogP contribution in [0, 0.1) is 0 Å².